The van der Waals surface area contributed by atoms with Gasteiger partial charge in [-0.15, -0.1) is 0 Å². The predicted octanol–water partition coefficient (Wildman–Crippen LogP) is 1.82. The number of benzene rings is 1. The highest BCUT2D eigenvalue weighted by Gasteiger charge is 2.39. The number of phenolic OH excluding ortho intramolecular Hbond substituents is 1. The second kappa shape index (κ2) is 7.88. The maximum Gasteiger partial charge on any atom is 0.342 e. The van der Waals surface area contributed by atoms with Gasteiger partial charge in [-0.25, -0.2) is 13.2 Å². The van der Waals surface area contributed by atoms with Crippen molar-refractivity contribution in [1.29, 1.82) is 0 Å². The molecule has 1 saturated carbocycles. The zero-order valence-corrected chi connectivity index (χ0v) is 16.2. The van der Waals surface area contributed by atoms with E-state index in [1.54, 1.807) is 17.9 Å². The molecule has 1 aliphatic carbocycles. The summed E-state index contributed by atoms with van der Waals surface area (Å²) in [6, 6.07) is 4.23. The van der Waals surface area contributed by atoms with E-state index in [9.17, 15) is 23.1 Å². The van der Waals surface area contributed by atoms with Crippen LogP contribution in [0.4, 0.5) is 0 Å². The summed E-state index contributed by atoms with van der Waals surface area (Å²) in [6.45, 7) is 1.33. The van der Waals surface area contributed by atoms with Gasteiger partial charge in [0.2, 0.25) is 0 Å². The minimum Gasteiger partial charge on any atom is -0.507 e. The molecule has 2 aliphatic rings. The van der Waals surface area contributed by atoms with E-state index in [0.29, 0.717) is 6.42 Å². The summed E-state index contributed by atoms with van der Waals surface area (Å²) in [6.07, 6.45) is 4.12. The number of ether oxygens (including phenoxy) is 1. The van der Waals surface area contributed by atoms with Crippen LogP contribution in [0, 0.1) is 6.92 Å². The fraction of sp³-hybridized carbons (Fsp3) is 0.579. The van der Waals surface area contributed by atoms with Crippen LogP contribution in [0.1, 0.15) is 48.0 Å². The molecule has 2 fully saturated rings. The van der Waals surface area contributed by atoms with Crippen LogP contribution in [-0.4, -0.2) is 60.5 Å². The normalized spacial score (nSPS) is 21.9. The molecule has 1 heterocycles. The summed E-state index contributed by atoms with van der Waals surface area (Å²) in [5.41, 5.74) is 0.805. The first-order valence-electron chi connectivity index (χ1n) is 9.25. The van der Waals surface area contributed by atoms with Crippen LogP contribution in [0.25, 0.3) is 0 Å². The predicted molar refractivity (Wildman–Crippen MR) is 99.3 cm³/mol. The first-order chi connectivity index (χ1) is 12.8. The maximum atomic E-state index is 12.8. The highest BCUT2D eigenvalue weighted by Crippen LogP contribution is 2.29. The standard InChI is InChI=1S/C19H25NO6S/c1-13-6-7-16(17(21)10-13)19(23)26-11-18(22)20(14-4-2-3-5-14)15-8-9-27(24,25)12-15/h6-7,10,14-15,21H,2-5,8-9,11-12H2,1H3. The Hall–Kier alpha value is -2.09. The highest BCUT2D eigenvalue weighted by atomic mass is 32.2. The number of hydrogen-bond donors (Lipinski definition) is 1. The van der Waals surface area contributed by atoms with Crippen LogP contribution < -0.4 is 0 Å². The third-order valence-corrected chi connectivity index (χ3v) is 7.06. The Morgan fingerprint density at radius 1 is 1.19 bits per heavy atom. The topological polar surface area (TPSA) is 101 Å². The molecule has 27 heavy (non-hydrogen) atoms. The second-order valence-electron chi connectivity index (χ2n) is 7.39. The first-order valence-corrected chi connectivity index (χ1v) is 11.1. The average molecular weight is 395 g/mol. The number of amides is 1. The van der Waals surface area contributed by atoms with Crippen LogP contribution in [0.15, 0.2) is 18.2 Å². The Balaban J connectivity index is 1.68. The Morgan fingerprint density at radius 3 is 2.48 bits per heavy atom. The van der Waals surface area contributed by atoms with Gasteiger partial charge in [-0.05, 0) is 43.9 Å². The van der Waals surface area contributed by atoms with Gasteiger partial charge in [0.1, 0.15) is 11.3 Å². The molecular formula is C19H25NO6S. The molecule has 0 spiro atoms. The van der Waals surface area contributed by atoms with E-state index in [-0.39, 0.29) is 40.8 Å². The minimum atomic E-state index is -3.12. The summed E-state index contributed by atoms with van der Waals surface area (Å²) in [5.74, 6) is -1.27. The van der Waals surface area contributed by atoms with Crippen molar-refractivity contribution >= 4 is 21.7 Å². The van der Waals surface area contributed by atoms with Gasteiger partial charge in [0.05, 0.1) is 11.5 Å². The van der Waals surface area contributed by atoms with Crippen LogP contribution in [0.5, 0.6) is 5.75 Å². The average Bonchev–Trinajstić information content (AvgIpc) is 3.23. The number of rotatable bonds is 5. The summed E-state index contributed by atoms with van der Waals surface area (Å²) in [7, 11) is -3.12. The van der Waals surface area contributed by atoms with E-state index in [4.69, 9.17) is 4.74 Å². The van der Waals surface area contributed by atoms with Crippen molar-refractivity contribution in [2.45, 2.75) is 51.1 Å². The molecule has 1 amide bonds. The van der Waals surface area contributed by atoms with E-state index < -0.39 is 22.4 Å². The number of carbonyl (C=O) groups is 2. The number of carbonyl (C=O) groups excluding carboxylic acids is 2. The molecule has 1 N–H and O–H groups in total. The van der Waals surface area contributed by atoms with E-state index >= 15 is 0 Å². The molecule has 0 radical (unpaired) electrons. The van der Waals surface area contributed by atoms with E-state index in [1.807, 2.05) is 0 Å². The number of aromatic hydroxyl groups is 1. The molecule has 1 aliphatic heterocycles. The van der Waals surface area contributed by atoms with E-state index in [2.05, 4.69) is 0 Å². The Labute approximate surface area is 159 Å². The number of esters is 1. The third kappa shape index (κ3) is 4.61. The van der Waals surface area contributed by atoms with Gasteiger partial charge >= 0.3 is 5.97 Å². The van der Waals surface area contributed by atoms with Gasteiger partial charge in [-0.3, -0.25) is 4.79 Å². The number of sulfone groups is 1. The largest absolute Gasteiger partial charge is 0.507 e. The molecular weight excluding hydrogens is 370 g/mol. The second-order valence-corrected chi connectivity index (χ2v) is 9.62. The number of hydrogen-bond acceptors (Lipinski definition) is 6. The lowest BCUT2D eigenvalue weighted by Crippen LogP contribution is -2.48. The van der Waals surface area contributed by atoms with Crippen LogP contribution in [0.3, 0.4) is 0 Å². The van der Waals surface area contributed by atoms with Gasteiger partial charge in [-0.1, -0.05) is 18.9 Å². The Morgan fingerprint density at radius 2 is 1.89 bits per heavy atom. The van der Waals surface area contributed by atoms with Crippen molar-refractivity contribution in [3.8, 4) is 5.75 Å². The molecule has 1 saturated heterocycles. The molecule has 148 valence electrons. The zero-order valence-electron chi connectivity index (χ0n) is 15.4. The Bertz CT molecular complexity index is 829. The monoisotopic (exact) mass is 395 g/mol. The summed E-state index contributed by atoms with van der Waals surface area (Å²) in [5, 5.41) is 9.88. The lowest BCUT2D eigenvalue weighted by Gasteiger charge is -2.33. The first kappa shape index (κ1) is 19.7. The van der Waals surface area contributed by atoms with Crippen molar-refractivity contribution in [3.63, 3.8) is 0 Å². The molecule has 1 unspecified atom stereocenters. The van der Waals surface area contributed by atoms with E-state index in [1.165, 1.54) is 12.1 Å². The van der Waals surface area contributed by atoms with Gasteiger partial charge < -0.3 is 14.7 Å². The lowest BCUT2D eigenvalue weighted by molar-refractivity contribution is -0.139. The maximum absolute atomic E-state index is 12.8. The van der Waals surface area contributed by atoms with Gasteiger partial charge in [-0.2, -0.15) is 0 Å². The van der Waals surface area contributed by atoms with E-state index in [0.717, 1.165) is 31.2 Å². The number of aryl methyl sites for hydroxylation is 1. The van der Waals surface area contributed by atoms with Crippen molar-refractivity contribution in [2.24, 2.45) is 0 Å². The quantitative estimate of drug-likeness (QED) is 0.763. The fourth-order valence-electron chi connectivity index (χ4n) is 3.98. The van der Waals surface area contributed by atoms with Gasteiger partial charge in [0.15, 0.2) is 16.4 Å². The molecule has 7 nitrogen and oxygen atoms in total. The molecule has 3 rings (SSSR count). The Kier molecular flexibility index (Phi) is 5.74. The number of phenols is 1. The highest BCUT2D eigenvalue weighted by molar-refractivity contribution is 7.91. The summed E-state index contributed by atoms with van der Waals surface area (Å²) >= 11 is 0. The van der Waals surface area contributed by atoms with Crippen molar-refractivity contribution in [2.75, 3.05) is 18.1 Å². The van der Waals surface area contributed by atoms with Crippen molar-refractivity contribution < 1.29 is 27.9 Å². The molecule has 0 bridgehead atoms. The zero-order chi connectivity index (χ0) is 19.6. The smallest absolute Gasteiger partial charge is 0.342 e. The van der Waals surface area contributed by atoms with Crippen molar-refractivity contribution in [3.05, 3.63) is 29.3 Å². The molecule has 8 heteroatoms. The molecule has 0 aromatic heterocycles. The third-order valence-electron chi connectivity index (χ3n) is 5.31. The summed E-state index contributed by atoms with van der Waals surface area (Å²) in [4.78, 5) is 26.6. The minimum absolute atomic E-state index is 0.00211. The summed E-state index contributed by atoms with van der Waals surface area (Å²) < 4.78 is 28.8. The molecule has 1 atom stereocenters. The van der Waals surface area contributed by atoms with Crippen LogP contribution >= 0.6 is 0 Å². The van der Waals surface area contributed by atoms with Crippen molar-refractivity contribution in [1.82, 2.24) is 4.90 Å². The lowest BCUT2D eigenvalue weighted by atomic mass is 10.1. The SMILES string of the molecule is Cc1ccc(C(=O)OCC(=O)N(C2CCCC2)C2CCS(=O)(=O)C2)c(O)c1. The molecule has 1 aromatic carbocycles. The fourth-order valence-corrected chi connectivity index (χ4v) is 5.69. The van der Waals surface area contributed by atoms with Gasteiger partial charge in [0.25, 0.3) is 5.91 Å². The van der Waals surface area contributed by atoms with Crippen LogP contribution in [0.2, 0.25) is 0 Å². The van der Waals surface area contributed by atoms with Gasteiger partial charge in [0, 0.05) is 12.1 Å². The number of nitrogens with zero attached hydrogens (tertiary/aromatic N) is 1. The van der Waals surface area contributed by atoms with Crippen LogP contribution in [-0.2, 0) is 19.4 Å². The molecule has 1 aromatic rings.